The lowest BCUT2D eigenvalue weighted by Gasteiger charge is -2.18. The zero-order chi connectivity index (χ0) is 14.4. The lowest BCUT2D eigenvalue weighted by molar-refractivity contribution is 0.504. The Hall–Kier alpha value is -1.12. The summed E-state index contributed by atoms with van der Waals surface area (Å²) >= 11 is 1.88. The zero-order valence-corrected chi connectivity index (χ0v) is 13.6. The Labute approximate surface area is 127 Å². The molecule has 1 N–H and O–H groups in total. The van der Waals surface area contributed by atoms with Crippen LogP contribution in [-0.2, 0) is 6.42 Å². The molecular formula is C18H25NS. The number of benzene rings is 1. The van der Waals surface area contributed by atoms with E-state index in [0.717, 1.165) is 13.0 Å². The van der Waals surface area contributed by atoms with Gasteiger partial charge >= 0.3 is 0 Å². The maximum absolute atomic E-state index is 3.71. The summed E-state index contributed by atoms with van der Waals surface area (Å²) in [7, 11) is 0. The summed E-state index contributed by atoms with van der Waals surface area (Å²) in [5, 5.41) is 5.91. The van der Waals surface area contributed by atoms with Crippen LogP contribution in [0.25, 0.3) is 0 Å². The topological polar surface area (TPSA) is 12.0 Å². The van der Waals surface area contributed by atoms with Crippen molar-refractivity contribution >= 4 is 11.3 Å². The fraction of sp³-hybridized carbons (Fsp3) is 0.444. The average molecular weight is 287 g/mol. The van der Waals surface area contributed by atoms with Gasteiger partial charge in [-0.1, -0.05) is 36.8 Å². The van der Waals surface area contributed by atoms with Gasteiger partial charge in [-0.05, 0) is 62.2 Å². The predicted molar refractivity (Wildman–Crippen MR) is 89.6 cm³/mol. The monoisotopic (exact) mass is 287 g/mol. The van der Waals surface area contributed by atoms with Gasteiger partial charge in [0.1, 0.15) is 0 Å². The number of hydrogen-bond donors (Lipinski definition) is 1. The molecule has 2 heteroatoms. The molecule has 0 spiro atoms. The van der Waals surface area contributed by atoms with Crippen LogP contribution in [-0.4, -0.2) is 6.54 Å². The maximum Gasteiger partial charge on any atom is 0.0420 e. The van der Waals surface area contributed by atoms with Crippen LogP contribution in [0.2, 0.25) is 0 Å². The van der Waals surface area contributed by atoms with Crippen molar-refractivity contribution in [3.8, 4) is 0 Å². The summed E-state index contributed by atoms with van der Waals surface area (Å²) < 4.78 is 0. The minimum Gasteiger partial charge on any atom is -0.309 e. The summed E-state index contributed by atoms with van der Waals surface area (Å²) in [5.41, 5.74) is 4.23. The van der Waals surface area contributed by atoms with Crippen LogP contribution in [0.4, 0.5) is 0 Å². The van der Waals surface area contributed by atoms with Crippen molar-refractivity contribution in [1.82, 2.24) is 5.32 Å². The summed E-state index contributed by atoms with van der Waals surface area (Å²) in [6.07, 6.45) is 3.50. The second kappa shape index (κ2) is 7.61. The van der Waals surface area contributed by atoms with Crippen molar-refractivity contribution in [2.45, 2.75) is 46.1 Å². The molecule has 0 radical (unpaired) electrons. The highest BCUT2D eigenvalue weighted by Crippen LogP contribution is 2.27. The minimum atomic E-state index is 0.496. The van der Waals surface area contributed by atoms with Gasteiger partial charge in [0.2, 0.25) is 0 Å². The van der Waals surface area contributed by atoms with Crippen LogP contribution in [0.5, 0.6) is 0 Å². The van der Waals surface area contributed by atoms with E-state index in [4.69, 9.17) is 0 Å². The van der Waals surface area contributed by atoms with Crippen LogP contribution in [0.15, 0.2) is 35.7 Å². The van der Waals surface area contributed by atoms with E-state index in [1.807, 2.05) is 11.3 Å². The third-order valence-electron chi connectivity index (χ3n) is 3.66. The Morgan fingerprint density at radius 1 is 1.20 bits per heavy atom. The van der Waals surface area contributed by atoms with E-state index >= 15 is 0 Å². The second-order valence-corrected chi connectivity index (χ2v) is 6.45. The van der Waals surface area contributed by atoms with E-state index in [-0.39, 0.29) is 0 Å². The molecule has 2 rings (SSSR count). The molecule has 1 aromatic heterocycles. The van der Waals surface area contributed by atoms with Crippen molar-refractivity contribution in [2.75, 3.05) is 6.54 Å². The number of aryl methyl sites for hydroxylation is 3. The van der Waals surface area contributed by atoms with Crippen LogP contribution in [0.1, 0.15) is 47.4 Å². The summed E-state index contributed by atoms with van der Waals surface area (Å²) in [5.74, 6) is 0. The first-order chi connectivity index (χ1) is 9.70. The van der Waals surface area contributed by atoms with Crippen molar-refractivity contribution in [3.63, 3.8) is 0 Å². The van der Waals surface area contributed by atoms with Gasteiger partial charge in [0.15, 0.2) is 0 Å². The van der Waals surface area contributed by atoms with E-state index in [9.17, 15) is 0 Å². The standard InChI is InChI=1S/C18H25NS/c1-4-11-19-17(18-15(3)10-12-20-18)9-8-16-7-5-6-14(2)13-16/h5-7,10,12-13,17,19H,4,8-9,11H2,1-3H3. The van der Waals surface area contributed by atoms with E-state index in [1.165, 1.54) is 34.4 Å². The molecule has 1 aromatic carbocycles. The molecule has 0 saturated carbocycles. The van der Waals surface area contributed by atoms with Gasteiger partial charge in [-0.15, -0.1) is 11.3 Å². The number of hydrogen-bond acceptors (Lipinski definition) is 2. The van der Waals surface area contributed by atoms with Crippen LogP contribution in [0.3, 0.4) is 0 Å². The Morgan fingerprint density at radius 3 is 2.70 bits per heavy atom. The molecule has 0 fully saturated rings. The predicted octanol–water partition coefficient (Wildman–Crippen LogP) is 5.04. The van der Waals surface area contributed by atoms with Gasteiger partial charge < -0.3 is 5.32 Å². The van der Waals surface area contributed by atoms with E-state index in [1.54, 1.807) is 0 Å². The Bertz CT molecular complexity index is 530. The lowest BCUT2D eigenvalue weighted by Crippen LogP contribution is -2.22. The molecule has 2 aromatic rings. The summed E-state index contributed by atoms with van der Waals surface area (Å²) in [4.78, 5) is 1.51. The molecule has 1 heterocycles. The molecule has 0 aliphatic carbocycles. The van der Waals surface area contributed by atoms with Gasteiger partial charge in [-0.25, -0.2) is 0 Å². The average Bonchev–Trinajstić information content (AvgIpc) is 2.85. The fourth-order valence-corrected chi connectivity index (χ4v) is 3.60. The normalized spacial score (nSPS) is 12.6. The quantitative estimate of drug-likeness (QED) is 0.752. The summed E-state index contributed by atoms with van der Waals surface area (Å²) in [6, 6.07) is 11.6. The highest BCUT2D eigenvalue weighted by Gasteiger charge is 2.14. The largest absolute Gasteiger partial charge is 0.309 e. The molecule has 0 aliphatic rings. The highest BCUT2D eigenvalue weighted by atomic mass is 32.1. The Morgan fingerprint density at radius 2 is 2.05 bits per heavy atom. The van der Waals surface area contributed by atoms with E-state index in [2.05, 4.69) is 61.8 Å². The fourth-order valence-electron chi connectivity index (χ4n) is 2.56. The molecule has 0 bridgehead atoms. The van der Waals surface area contributed by atoms with E-state index < -0.39 is 0 Å². The van der Waals surface area contributed by atoms with Crippen LogP contribution >= 0.6 is 11.3 Å². The zero-order valence-electron chi connectivity index (χ0n) is 12.8. The molecule has 0 saturated heterocycles. The SMILES string of the molecule is CCCNC(CCc1cccc(C)c1)c1sccc1C. The van der Waals surface area contributed by atoms with Crippen molar-refractivity contribution < 1.29 is 0 Å². The third kappa shape index (κ3) is 4.19. The molecule has 108 valence electrons. The van der Waals surface area contributed by atoms with Gasteiger partial charge in [0.05, 0.1) is 0 Å². The van der Waals surface area contributed by atoms with Gasteiger partial charge in [0.25, 0.3) is 0 Å². The molecule has 1 unspecified atom stereocenters. The molecule has 1 atom stereocenters. The van der Waals surface area contributed by atoms with Gasteiger partial charge in [-0.2, -0.15) is 0 Å². The molecule has 1 nitrogen and oxygen atoms in total. The van der Waals surface area contributed by atoms with Crippen molar-refractivity contribution in [2.24, 2.45) is 0 Å². The second-order valence-electron chi connectivity index (χ2n) is 5.50. The number of thiophene rings is 1. The first-order valence-corrected chi connectivity index (χ1v) is 8.41. The first kappa shape index (κ1) is 15.3. The number of rotatable bonds is 7. The van der Waals surface area contributed by atoms with Crippen molar-refractivity contribution in [1.29, 1.82) is 0 Å². The van der Waals surface area contributed by atoms with Gasteiger partial charge in [-0.3, -0.25) is 0 Å². The van der Waals surface area contributed by atoms with E-state index in [0.29, 0.717) is 6.04 Å². The lowest BCUT2D eigenvalue weighted by atomic mass is 10.0. The molecule has 0 aliphatic heterocycles. The molecule has 20 heavy (non-hydrogen) atoms. The molecule has 0 amide bonds. The number of nitrogens with one attached hydrogen (secondary N) is 1. The van der Waals surface area contributed by atoms with Crippen LogP contribution in [0, 0.1) is 13.8 Å². The van der Waals surface area contributed by atoms with Gasteiger partial charge in [0, 0.05) is 10.9 Å². The highest BCUT2D eigenvalue weighted by molar-refractivity contribution is 7.10. The molecular weight excluding hydrogens is 262 g/mol. The third-order valence-corrected chi connectivity index (χ3v) is 4.80. The minimum absolute atomic E-state index is 0.496. The maximum atomic E-state index is 3.71. The smallest absolute Gasteiger partial charge is 0.0420 e. The summed E-state index contributed by atoms with van der Waals surface area (Å²) in [6.45, 7) is 7.71. The Balaban J connectivity index is 2.03. The van der Waals surface area contributed by atoms with Crippen LogP contribution < -0.4 is 5.32 Å². The van der Waals surface area contributed by atoms with Crippen molar-refractivity contribution in [3.05, 3.63) is 57.3 Å². The first-order valence-electron chi connectivity index (χ1n) is 7.53. The Kier molecular flexibility index (Phi) is 5.81.